The van der Waals surface area contributed by atoms with Gasteiger partial charge >= 0.3 is 6.18 Å². The molecule has 4 rings (SSSR count). The van der Waals surface area contributed by atoms with Gasteiger partial charge in [0.25, 0.3) is 5.91 Å². The molecule has 0 fully saturated rings. The fourth-order valence-electron chi connectivity index (χ4n) is 3.50. The largest absolute Gasteiger partial charge is 0.437 e. The maximum atomic E-state index is 13.8. The lowest BCUT2D eigenvalue weighted by molar-refractivity contribution is -0.140. The van der Waals surface area contributed by atoms with Gasteiger partial charge in [0.1, 0.15) is 11.8 Å². The quantitative estimate of drug-likeness (QED) is 0.389. The molecule has 2 amide bonds. The van der Waals surface area contributed by atoms with E-state index in [4.69, 9.17) is 11.0 Å². The van der Waals surface area contributed by atoms with E-state index in [9.17, 15) is 31.5 Å². The minimum Gasteiger partial charge on any atom is -0.366 e. The van der Waals surface area contributed by atoms with Crippen molar-refractivity contribution in [1.82, 2.24) is 19.7 Å². The summed E-state index contributed by atoms with van der Waals surface area (Å²) in [6.07, 6.45) is -3.72. The van der Waals surface area contributed by atoms with Gasteiger partial charge in [-0.15, -0.1) is 0 Å². The first-order valence-corrected chi connectivity index (χ1v) is 10.3. The lowest BCUT2D eigenvalue weighted by Crippen LogP contribution is -2.20. The number of aromatic nitrogens is 4. The number of carbonyl (C=O) groups is 2. The molecule has 0 radical (unpaired) electrons. The molecule has 3 heterocycles. The van der Waals surface area contributed by atoms with Gasteiger partial charge < -0.3 is 11.1 Å². The number of carbonyl (C=O) groups excluding carboxylic acids is 2. The molecule has 1 aromatic carbocycles. The normalized spacial score (nSPS) is 11.4. The van der Waals surface area contributed by atoms with E-state index in [1.54, 1.807) is 0 Å². The van der Waals surface area contributed by atoms with Crippen molar-refractivity contribution in [3.63, 3.8) is 0 Å². The van der Waals surface area contributed by atoms with Crippen LogP contribution in [0.1, 0.15) is 43.5 Å². The molecule has 9 nitrogen and oxygen atoms in total. The number of nitrogens with zero attached hydrogens (tertiary/aromatic N) is 5. The van der Waals surface area contributed by atoms with E-state index in [0.29, 0.717) is 17.8 Å². The Labute approximate surface area is 204 Å². The Morgan fingerprint density at radius 3 is 2.46 bits per heavy atom. The van der Waals surface area contributed by atoms with Crippen molar-refractivity contribution in [3.8, 4) is 6.07 Å². The Morgan fingerprint density at radius 1 is 1.16 bits per heavy atom. The number of alkyl halides is 3. The lowest BCUT2D eigenvalue weighted by atomic mass is 10.1. The second-order valence-electron chi connectivity index (χ2n) is 7.77. The minimum absolute atomic E-state index is 0.0872. The number of rotatable bonds is 5. The molecular formula is C23H14F5N7O2. The first kappa shape index (κ1) is 25.2. The number of amides is 2. The maximum Gasteiger partial charge on any atom is 0.437 e. The lowest BCUT2D eigenvalue weighted by Gasteiger charge is -2.11. The number of hydrogen-bond acceptors (Lipinski definition) is 6. The van der Waals surface area contributed by atoms with Gasteiger partial charge in [-0.25, -0.2) is 13.8 Å². The summed E-state index contributed by atoms with van der Waals surface area (Å²) >= 11 is 0. The first-order chi connectivity index (χ1) is 17.4. The van der Waals surface area contributed by atoms with Gasteiger partial charge in [0.05, 0.1) is 40.3 Å². The number of hydrogen-bond donors (Lipinski definition) is 2. The molecule has 0 saturated carbocycles. The highest BCUT2D eigenvalue weighted by Crippen LogP contribution is 2.36. The van der Waals surface area contributed by atoms with Gasteiger partial charge in [0, 0.05) is 17.6 Å². The average Bonchev–Trinajstić information content (AvgIpc) is 3.15. The van der Waals surface area contributed by atoms with Gasteiger partial charge in [0.2, 0.25) is 5.91 Å². The molecule has 0 aliphatic carbocycles. The Balaban J connectivity index is 1.74. The molecule has 4 aromatic rings. The highest BCUT2D eigenvalue weighted by atomic mass is 19.4. The molecule has 14 heteroatoms. The molecule has 37 heavy (non-hydrogen) atoms. The Hall–Kier alpha value is -4.93. The predicted octanol–water partition coefficient (Wildman–Crippen LogP) is 3.70. The van der Waals surface area contributed by atoms with Crippen molar-refractivity contribution in [3.05, 3.63) is 82.1 Å². The molecule has 0 bridgehead atoms. The van der Waals surface area contributed by atoms with Crippen LogP contribution in [0.3, 0.4) is 0 Å². The second kappa shape index (κ2) is 9.26. The predicted molar refractivity (Wildman–Crippen MR) is 118 cm³/mol. The third-order valence-corrected chi connectivity index (χ3v) is 5.33. The third kappa shape index (κ3) is 4.92. The zero-order chi connectivity index (χ0) is 27.1. The van der Waals surface area contributed by atoms with Crippen LogP contribution in [-0.4, -0.2) is 31.6 Å². The minimum atomic E-state index is -4.97. The summed E-state index contributed by atoms with van der Waals surface area (Å²) in [6, 6.07) is 6.92. The van der Waals surface area contributed by atoms with E-state index in [1.807, 2.05) is 6.07 Å². The summed E-state index contributed by atoms with van der Waals surface area (Å²) in [7, 11) is 0. The average molecular weight is 515 g/mol. The van der Waals surface area contributed by atoms with Crippen LogP contribution in [0.5, 0.6) is 0 Å². The maximum absolute atomic E-state index is 13.8. The van der Waals surface area contributed by atoms with E-state index in [2.05, 4.69) is 20.4 Å². The van der Waals surface area contributed by atoms with Crippen molar-refractivity contribution in [2.75, 3.05) is 5.32 Å². The van der Waals surface area contributed by atoms with Crippen LogP contribution in [0.25, 0.3) is 10.9 Å². The van der Waals surface area contributed by atoms with Crippen molar-refractivity contribution in [1.29, 1.82) is 5.26 Å². The molecule has 0 spiro atoms. The number of primary amides is 1. The van der Waals surface area contributed by atoms with Crippen LogP contribution in [-0.2, 0) is 12.7 Å². The Morgan fingerprint density at radius 2 is 1.86 bits per heavy atom. The fraction of sp³-hybridized carbons (Fsp3) is 0.130. The van der Waals surface area contributed by atoms with Crippen LogP contribution in [0.15, 0.2) is 36.5 Å². The summed E-state index contributed by atoms with van der Waals surface area (Å²) in [5.41, 5.74) is 2.41. The van der Waals surface area contributed by atoms with Gasteiger partial charge in [-0.1, -0.05) is 0 Å². The van der Waals surface area contributed by atoms with Crippen molar-refractivity contribution in [2.24, 2.45) is 5.73 Å². The third-order valence-electron chi connectivity index (χ3n) is 5.33. The standard InChI is InChI=1S/C23H14F5N7O2/c1-10-19(20(23(26,27)28)34-35(10)9-12-3-2-11(7-29)8-31-12)33-22(37)18-5-14(21(30)36)13-4-15(24)16(25)6-17(13)32-18/h2-6,8H,9H2,1H3,(H2,30,36)(H,33,37). The first-order valence-electron chi connectivity index (χ1n) is 10.3. The number of benzene rings is 1. The van der Waals surface area contributed by atoms with E-state index in [0.717, 1.165) is 10.7 Å². The summed E-state index contributed by atoms with van der Waals surface area (Å²) in [6.45, 7) is 1.07. The SMILES string of the molecule is Cc1c(NC(=O)c2cc(C(N)=O)c3cc(F)c(F)cc3n2)c(C(F)(F)F)nn1Cc1ccc(C#N)cn1. The van der Waals surface area contributed by atoms with Crippen LogP contribution in [0.4, 0.5) is 27.6 Å². The summed E-state index contributed by atoms with van der Waals surface area (Å²) < 4.78 is 69.6. The van der Waals surface area contributed by atoms with Crippen LogP contribution in [0.2, 0.25) is 0 Å². The Kier molecular flexibility index (Phi) is 6.30. The highest BCUT2D eigenvalue weighted by Gasteiger charge is 2.39. The molecule has 0 aliphatic heterocycles. The van der Waals surface area contributed by atoms with Gasteiger partial charge in [-0.3, -0.25) is 19.3 Å². The van der Waals surface area contributed by atoms with E-state index < -0.39 is 46.7 Å². The molecule has 3 N–H and O–H groups in total. The Bertz CT molecular complexity index is 1610. The van der Waals surface area contributed by atoms with E-state index in [-0.39, 0.29) is 34.3 Å². The number of nitrogens with one attached hydrogen (secondary N) is 1. The molecule has 0 unspecified atom stereocenters. The van der Waals surface area contributed by atoms with E-state index in [1.165, 1.54) is 25.3 Å². The summed E-state index contributed by atoms with van der Waals surface area (Å²) in [5.74, 6) is -4.88. The topological polar surface area (TPSA) is 140 Å². The fourth-order valence-corrected chi connectivity index (χ4v) is 3.50. The number of nitrogens with two attached hydrogens (primary N) is 1. The second-order valence-corrected chi connectivity index (χ2v) is 7.77. The van der Waals surface area contributed by atoms with Crippen molar-refractivity contribution >= 4 is 28.4 Å². The van der Waals surface area contributed by atoms with Gasteiger partial charge in [-0.2, -0.15) is 23.5 Å². The molecule has 0 aliphatic rings. The molecular weight excluding hydrogens is 501 g/mol. The highest BCUT2D eigenvalue weighted by molar-refractivity contribution is 6.10. The monoisotopic (exact) mass is 515 g/mol. The molecule has 0 atom stereocenters. The number of anilines is 1. The van der Waals surface area contributed by atoms with Crippen LogP contribution >= 0.6 is 0 Å². The van der Waals surface area contributed by atoms with Crippen molar-refractivity contribution < 1.29 is 31.5 Å². The van der Waals surface area contributed by atoms with Gasteiger partial charge in [-0.05, 0) is 31.2 Å². The zero-order valence-corrected chi connectivity index (χ0v) is 18.7. The molecule has 188 valence electrons. The number of nitriles is 1. The molecule has 0 saturated heterocycles. The van der Waals surface area contributed by atoms with Gasteiger partial charge in [0.15, 0.2) is 17.3 Å². The van der Waals surface area contributed by atoms with E-state index >= 15 is 0 Å². The number of pyridine rings is 2. The summed E-state index contributed by atoms with van der Waals surface area (Å²) in [4.78, 5) is 32.6. The summed E-state index contributed by atoms with van der Waals surface area (Å²) in [5, 5.41) is 14.3. The smallest absolute Gasteiger partial charge is 0.366 e. The number of fused-ring (bicyclic) bond motifs is 1. The van der Waals surface area contributed by atoms with Crippen LogP contribution in [0, 0.1) is 29.9 Å². The zero-order valence-electron chi connectivity index (χ0n) is 18.7. The molecule has 3 aromatic heterocycles. The van der Waals surface area contributed by atoms with Crippen molar-refractivity contribution in [2.45, 2.75) is 19.6 Å². The van der Waals surface area contributed by atoms with Crippen LogP contribution < -0.4 is 11.1 Å². The number of halogens is 5.